The van der Waals surface area contributed by atoms with E-state index in [9.17, 15) is 9.90 Å². The van der Waals surface area contributed by atoms with Gasteiger partial charge in [-0.15, -0.1) is 0 Å². The Morgan fingerprint density at radius 1 is 1.47 bits per heavy atom. The zero-order chi connectivity index (χ0) is 13.2. The molecule has 0 aromatic carbocycles. The number of nitrogens with one attached hydrogen (secondary N) is 1. The first-order chi connectivity index (χ1) is 9.24. The van der Waals surface area contributed by atoms with Gasteiger partial charge in [0.1, 0.15) is 0 Å². The molecule has 1 amide bonds. The first-order valence-corrected chi connectivity index (χ1v) is 6.47. The summed E-state index contributed by atoms with van der Waals surface area (Å²) < 4.78 is 1.63. The van der Waals surface area contributed by atoms with Gasteiger partial charge in [-0.05, 0) is 25.2 Å². The van der Waals surface area contributed by atoms with Crippen molar-refractivity contribution in [1.29, 1.82) is 0 Å². The highest BCUT2D eigenvalue weighted by atomic mass is 16.3. The van der Waals surface area contributed by atoms with Crippen molar-refractivity contribution in [3.05, 3.63) is 30.4 Å². The minimum absolute atomic E-state index is 0.135. The van der Waals surface area contributed by atoms with Crippen molar-refractivity contribution in [2.24, 2.45) is 5.92 Å². The fourth-order valence-electron chi connectivity index (χ4n) is 2.58. The average molecular weight is 260 g/mol. The van der Waals surface area contributed by atoms with Crippen LogP contribution in [0.25, 0.3) is 5.52 Å². The number of aliphatic hydroxyl groups is 1. The molecule has 19 heavy (non-hydrogen) atoms. The smallest absolute Gasteiger partial charge is 0.255 e. The van der Waals surface area contributed by atoms with Crippen LogP contribution in [-0.4, -0.2) is 38.3 Å². The van der Waals surface area contributed by atoms with Gasteiger partial charge in [0.25, 0.3) is 5.91 Å². The second-order valence-electron chi connectivity index (χ2n) is 5.01. The maximum atomic E-state index is 12.1. The number of fused-ring (bicyclic) bond motifs is 1. The van der Waals surface area contributed by atoms with Gasteiger partial charge < -0.3 is 10.4 Å². The molecule has 2 unspecified atom stereocenters. The normalized spacial score (nSPS) is 22.8. The van der Waals surface area contributed by atoms with Gasteiger partial charge >= 0.3 is 0 Å². The topological polar surface area (TPSA) is 79.5 Å². The number of carbonyl (C=O) groups is 1. The summed E-state index contributed by atoms with van der Waals surface area (Å²) in [6.07, 6.45) is 8.89. The molecule has 6 nitrogen and oxygen atoms in total. The quantitative estimate of drug-likeness (QED) is 0.848. The predicted octanol–water partition coefficient (Wildman–Crippen LogP) is 0.620. The lowest BCUT2D eigenvalue weighted by Crippen LogP contribution is -2.28. The Morgan fingerprint density at radius 2 is 2.37 bits per heavy atom. The molecule has 0 radical (unpaired) electrons. The summed E-state index contributed by atoms with van der Waals surface area (Å²) >= 11 is 0. The minimum Gasteiger partial charge on any atom is -0.393 e. The third-order valence-corrected chi connectivity index (χ3v) is 3.63. The van der Waals surface area contributed by atoms with E-state index in [-0.39, 0.29) is 12.0 Å². The molecular weight excluding hydrogens is 244 g/mol. The maximum absolute atomic E-state index is 12.1. The van der Waals surface area contributed by atoms with E-state index in [4.69, 9.17) is 0 Å². The van der Waals surface area contributed by atoms with Crippen molar-refractivity contribution in [3.8, 4) is 0 Å². The molecule has 2 aromatic heterocycles. The number of aromatic nitrogens is 3. The van der Waals surface area contributed by atoms with Gasteiger partial charge in [0.15, 0.2) is 0 Å². The number of nitrogens with zero attached hydrogens (tertiary/aromatic N) is 3. The van der Waals surface area contributed by atoms with E-state index < -0.39 is 0 Å². The minimum atomic E-state index is -0.205. The molecule has 2 aromatic rings. The molecule has 2 N–H and O–H groups in total. The summed E-state index contributed by atoms with van der Waals surface area (Å²) in [7, 11) is 0. The molecule has 0 spiro atoms. The van der Waals surface area contributed by atoms with Gasteiger partial charge in [0.05, 0.1) is 29.6 Å². The van der Waals surface area contributed by atoms with Crippen molar-refractivity contribution < 1.29 is 9.90 Å². The Balaban J connectivity index is 1.67. The Morgan fingerprint density at radius 3 is 3.16 bits per heavy atom. The fourth-order valence-corrected chi connectivity index (χ4v) is 2.58. The van der Waals surface area contributed by atoms with Gasteiger partial charge in [-0.3, -0.25) is 9.78 Å². The van der Waals surface area contributed by atoms with Crippen LogP contribution in [0.3, 0.4) is 0 Å². The van der Waals surface area contributed by atoms with Crippen LogP contribution < -0.4 is 5.32 Å². The fraction of sp³-hybridized carbons (Fsp3) is 0.462. The molecule has 1 fully saturated rings. The van der Waals surface area contributed by atoms with E-state index in [0.29, 0.717) is 23.5 Å². The van der Waals surface area contributed by atoms with Crippen LogP contribution in [0.4, 0.5) is 0 Å². The van der Waals surface area contributed by atoms with Crippen LogP contribution in [-0.2, 0) is 0 Å². The summed E-state index contributed by atoms with van der Waals surface area (Å²) in [4.78, 5) is 16.1. The monoisotopic (exact) mass is 260 g/mol. The van der Waals surface area contributed by atoms with Gasteiger partial charge in [-0.1, -0.05) is 0 Å². The number of amides is 1. The van der Waals surface area contributed by atoms with E-state index in [1.165, 1.54) is 0 Å². The van der Waals surface area contributed by atoms with Crippen LogP contribution in [0.1, 0.15) is 29.6 Å². The lowest BCUT2D eigenvalue weighted by atomic mass is 10.1. The van der Waals surface area contributed by atoms with E-state index >= 15 is 0 Å². The standard InChI is InChI=1S/C13H16N4O2/c18-10-2-1-9(5-10)6-15-13(19)11-7-16-17-4-3-14-8-12(11)17/h3-4,7-10,18H,1-2,5-6H2,(H,15,19). The summed E-state index contributed by atoms with van der Waals surface area (Å²) in [5.41, 5.74) is 1.23. The number of hydrogen-bond donors (Lipinski definition) is 2. The van der Waals surface area contributed by atoms with E-state index in [0.717, 1.165) is 19.3 Å². The molecule has 100 valence electrons. The number of hydrogen-bond acceptors (Lipinski definition) is 4. The maximum Gasteiger partial charge on any atom is 0.255 e. The second-order valence-corrected chi connectivity index (χ2v) is 5.01. The lowest BCUT2D eigenvalue weighted by molar-refractivity contribution is 0.0946. The lowest BCUT2D eigenvalue weighted by Gasteiger charge is -2.10. The van der Waals surface area contributed by atoms with Gasteiger partial charge in [-0.25, -0.2) is 4.52 Å². The highest BCUT2D eigenvalue weighted by Gasteiger charge is 2.23. The number of carbonyl (C=O) groups excluding carboxylic acids is 1. The average Bonchev–Trinajstić information content (AvgIpc) is 3.02. The van der Waals surface area contributed by atoms with Crippen molar-refractivity contribution >= 4 is 11.4 Å². The molecule has 1 aliphatic rings. The highest BCUT2D eigenvalue weighted by molar-refractivity contribution is 6.00. The first kappa shape index (κ1) is 12.1. The molecule has 0 bridgehead atoms. The Hall–Kier alpha value is -1.95. The Kier molecular flexibility index (Phi) is 3.16. The molecule has 2 atom stereocenters. The molecule has 0 aliphatic heterocycles. The molecule has 6 heteroatoms. The molecule has 2 heterocycles. The van der Waals surface area contributed by atoms with Crippen molar-refractivity contribution in [2.45, 2.75) is 25.4 Å². The molecule has 3 rings (SSSR count). The summed E-state index contributed by atoms with van der Waals surface area (Å²) in [5, 5.41) is 16.5. The third kappa shape index (κ3) is 2.44. The molecule has 1 saturated carbocycles. The summed E-state index contributed by atoms with van der Waals surface area (Å²) in [5.74, 6) is 0.239. The third-order valence-electron chi connectivity index (χ3n) is 3.63. The van der Waals surface area contributed by atoms with Crippen LogP contribution in [0.2, 0.25) is 0 Å². The first-order valence-electron chi connectivity index (χ1n) is 6.47. The number of rotatable bonds is 3. The Labute approximate surface area is 110 Å². The molecule has 1 aliphatic carbocycles. The van der Waals surface area contributed by atoms with Crippen molar-refractivity contribution in [1.82, 2.24) is 19.9 Å². The molecular formula is C13H16N4O2. The van der Waals surface area contributed by atoms with Crippen molar-refractivity contribution in [2.75, 3.05) is 6.54 Å². The SMILES string of the molecule is O=C(NCC1CCC(O)C1)c1cnn2ccncc12. The highest BCUT2D eigenvalue weighted by Crippen LogP contribution is 2.24. The zero-order valence-corrected chi connectivity index (χ0v) is 10.5. The summed E-state index contributed by atoms with van der Waals surface area (Å²) in [6.45, 7) is 0.605. The number of aliphatic hydroxyl groups excluding tert-OH is 1. The van der Waals surface area contributed by atoms with Crippen LogP contribution >= 0.6 is 0 Å². The van der Waals surface area contributed by atoms with Crippen LogP contribution in [0, 0.1) is 5.92 Å². The van der Waals surface area contributed by atoms with E-state index in [2.05, 4.69) is 15.4 Å². The largest absolute Gasteiger partial charge is 0.393 e. The van der Waals surface area contributed by atoms with E-state index in [1.807, 2.05) is 0 Å². The van der Waals surface area contributed by atoms with Gasteiger partial charge in [0.2, 0.25) is 0 Å². The van der Waals surface area contributed by atoms with Gasteiger partial charge in [-0.2, -0.15) is 5.10 Å². The Bertz CT molecular complexity index is 595. The molecule has 0 saturated heterocycles. The van der Waals surface area contributed by atoms with E-state index in [1.54, 1.807) is 29.3 Å². The summed E-state index contributed by atoms with van der Waals surface area (Å²) in [6, 6.07) is 0. The van der Waals surface area contributed by atoms with Crippen LogP contribution in [0.5, 0.6) is 0 Å². The van der Waals surface area contributed by atoms with Crippen molar-refractivity contribution in [3.63, 3.8) is 0 Å². The second kappa shape index (κ2) is 4.97. The predicted molar refractivity (Wildman–Crippen MR) is 68.7 cm³/mol. The zero-order valence-electron chi connectivity index (χ0n) is 10.5. The van der Waals surface area contributed by atoms with Gasteiger partial charge in [0, 0.05) is 18.9 Å². The van der Waals surface area contributed by atoms with Crippen LogP contribution in [0.15, 0.2) is 24.8 Å².